The van der Waals surface area contributed by atoms with Gasteiger partial charge in [-0.2, -0.15) is 0 Å². The first-order chi connectivity index (χ1) is 5.49. The summed E-state index contributed by atoms with van der Waals surface area (Å²) in [5.41, 5.74) is 0. The molecule has 0 aliphatic heterocycles. The Balaban J connectivity index is 3.94. The molecule has 0 fully saturated rings. The minimum Gasteiger partial charge on any atom is -0.390 e. The van der Waals surface area contributed by atoms with Crippen molar-refractivity contribution in [1.29, 1.82) is 0 Å². The molecule has 0 heterocycles. The summed E-state index contributed by atoms with van der Waals surface area (Å²) in [6, 6.07) is 0. The van der Waals surface area contributed by atoms with E-state index in [-0.39, 0.29) is 12.2 Å². The van der Waals surface area contributed by atoms with Gasteiger partial charge in [0.1, 0.15) is 0 Å². The van der Waals surface area contributed by atoms with E-state index >= 15 is 0 Å². The predicted octanol–water partition coefficient (Wildman–Crippen LogP) is 2.06. The van der Waals surface area contributed by atoms with E-state index in [2.05, 4.69) is 27.7 Å². The van der Waals surface area contributed by atoms with Crippen molar-refractivity contribution in [3.05, 3.63) is 0 Å². The molecular formula is C10H22O2. The molecule has 0 radical (unpaired) electrons. The zero-order chi connectivity index (χ0) is 9.72. The lowest BCUT2D eigenvalue weighted by molar-refractivity contribution is -0.0453. The third-order valence-corrected chi connectivity index (χ3v) is 2.02. The molecule has 0 aliphatic rings. The van der Waals surface area contributed by atoms with E-state index in [0.717, 1.165) is 6.42 Å². The fourth-order valence-corrected chi connectivity index (χ4v) is 1.49. The highest BCUT2D eigenvalue weighted by atomic mass is 16.5. The maximum Gasteiger partial charge on any atom is 0.0853 e. The van der Waals surface area contributed by atoms with Crippen LogP contribution in [0.5, 0.6) is 0 Å². The highest BCUT2D eigenvalue weighted by Crippen LogP contribution is 2.16. The smallest absolute Gasteiger partial charge is 0.0853 e. The van der Waals surface area contributed by atoms with Crippen LogP contribution in [-0.2, 0) is 4.74 Å². The first-order valence-electron chi connectivity index (χ1n) is 4.69. The standard InChI is InChI=1S/C10H22O2/c1-7(2)6-9(11)10(12-5)8(3)4/h7-11H,6H2,1-5H3. The molecule has 2 unspecified atom stereocenters. The van der Waals surface area contributed by atoms with Crippen LogP contribution in [0.15, 0.2) is 0 Å². The second-order valence-electron chi connectivity index (χ2n) is 4.14. The molecular weight excluding hydrogens is 152 g/mol. The molecule has 0 aromatic heterocycles. The number of aliphatic hydroxyl groups is 1. The number of ether oxygens (including phenoxy) is 1. The Morgan fingerprint density at radius 1 is 1.17 bits per heavy atom. The molecule has 74 valence electrons. The van der Waals surface area contributed by atoms with Crippen molar-refractivity contribution in [2.24, 2.45) is 11.8 Å². The molecule has 0 saturated carbocycles. The van der Waals surface area contributed by atoms with Gasteiger partial charge in [0.25, 0.3) is 0 Å². The van der Waals surface area contributed by atoms with E-state index in [4.69, 9.17) is 4.74 Å². The van der Waals surface area contributed by atoms with Crippen molar-refractivity contribution in [3.8, 4) is 0 Å². The molecule has 2 heteroatoms. The maximum atomic E-state index is 9.72. The number of methoxy groups -OCH3 is 1. The molecule has 0 saturated heterocycles. The Morgan fingerprint density at radius 2 is 1.67 bits per heavy atom. The second kappa shape index (κ2) is 5.55. The first kappa shape index (κ1) is 11.9. The van der Waals surface area contributed by atoms with E-state index < -0.39 is 0 Å². The molecule has 0 amide bonds. The number of hydrogen-bond donors (Lipinski definition) is 1. The van der Waals surface area contributed by atoms with Crippen molar-refractivity contribution < 1.29 is 9.84 Å². The van der Waals surface area contributed by atoms with Crippen LogP contribution in [0, 0.1) is 11.8 Å². The summed E-state index contributed by atoms with van der Waals surface area (Å²) in [5, 5.41) is 9.72. The molecule has 0 aliphatic carbocycles. The van der Waals surface area contributed by atoms with E-state index in [1.54, 1.807) is 7.11 Å². The van der Waals surface area contributed by atoms with E-state index in [1.165, 1.54) is 0 Å². The Kier molecular flexibility index (Phi) is 5.51. The van der Waals surface area contributed by atoms with Crippen molar-refractivity contribution in [1.82, 2.24) is 0 Å². The van der Waals surface area contributed by atoms with Crippen molar-refractivity contribution in [2.75, 3.05) is 7.11 Å². The monoisotopic (exact) mass is 174 g/mol. The van der Waals surface area contributed by atoms with E-state index in [1.807, 2.05) is 0 Å². The summed E-state index contributed by atoms with van der Waals surface area (Å²) in [5.74, 6) is 0.903. The van der Waals surface area contributed by atoms with Crippen molar-refractivity contribution in [2.45, 2.75) is 46.3 Å². The Labute approximate surface area is 75.9 Å². The predicted molar refractivity (Wildman–Crippen MR) is 51.1 cm³/mol. The van der Waals surface area contributed by atoms with Crippen LogP contribution in [0.4, 0.5) is 0 Å². The van der Waals surface area contributed by atoms with Crippen LogP contribution in [0.25, 0.3) is 0 Å². The molecule has 2 atom stereocenters. The molecule has 0 rings (SSSR count). The molecule has 1 N–H and O–H groups in total. The highest BCUT2D eigenvalue weighted by molar-refractivity contribution is 4.72. The number of aliphatic hydroxyl groups excluding tert-OH is 1. The third kappa shape index (κ3) is 4.07. The van der Waals surface area contributed by atoms with Crippen LogP contribution in [-0.4, -0.2) is 24.4 Å². The summed E-state index contributed by atoms with van der Waals surface area (Å²) >= 11 is 0. The van der Waals surface area contributed by atoms with Gasteiger partial charge in [0.2, 0.25) is 0 Å². The quantitative estimate of drug-likeness (QED) is 0.691. The van der Waals surface area contributed by atoms with Crippen LogP contribution >= 0.6 is 0 Å². The fraction of sp³-hybridized carbons (Fsp3) is 1.00. The Bertz CT molecular complexity index is 110. The molecule has 0 bridgehead atoms. The molecule has 12 heavy (non-hydrogen) atoms. The summed E-state index contributed by atoms with van der Waals surface area (Å²) < 4.78 is 5.22. The normalized spacial score (nSPS) is 17.0. The van der Waals surface area contributed by atoms with Gasteiger partial charge in [0.05, 0.1) is 12.2 Å². The fourth-order valence-electron chi connectivity index (χ4n) is 1.49. The molecule has 0 aromatic rings. The zero-order valence-corrected chi connectivity index (χ0v) is 8.87. The molecule has 2 nitrogen and oxygen atoms in total. The lowest BCUT2D eigenvalue weighted by Gasteiger charge is -2.25. The van der Waals surface area contributed by atoms with Crippen molar-refractivity contribution >= 4 is 0 Å². The minimum atomic E-state index is -0.324. The van der Waals surface area contributed by atoms with Crippen LogP contribution < -0.4 is 0 Å². The number of hydrogen-bond acceptors (Lipinski definition) is 2. The van der Waals surface area contributed by atoms with Gasteiger partial charge in [0, 0.05) is 7.11 Å². The molecule has 0 spiro atoms. The van der Waals surface area contributed by atoms with Gasteiger partial charge in [-0.25, -0.2) is 0 Å². The van der Waals surface area contributed by atoms with Gasteiger partial charge in [0.15, 0.2) is 0 Å². The van der Waals surface area contributed by atoms with Crippen LogP contribution in [0.3, 0.4) is 0 Å². The van der Waals surface area contributed by atoms with Gasteiger partial charge >= 0.3 is 0 Å². The van der Waals surface area contributed by atoms with Gasteiger partial charge in [-0.1, -0.05) is 27.7 Å². The summed E-state index contributed by atoms with van der Waals surface area (Å²) in [6.45, 7) is 8.35. The minimum absolute atomic E-state index is 0.0209. The topological polar surface area (TPSA) is 29.5 Å². The molecule has 0 aromatic carbocycles. The van der Waals surface area contributed by atoms with Crippen molar-refractivity contribution in [3.63, 3.8) is 0 Å². The van der Waals surface area contributed by atoms with Crippen LogP contribution in [0.2, 0.25) is 0 Å². The largest absolute Gasteiger partial charge is 0.390 e. The summed E-state index contributed by atoms with van der Waals surface area (Å²) in [7, 11) is 1.66. The first-order valence-corrected chi connectivity index (χ1v) is 4.69. The lowest BCUT2D eigenvalue weighted by Crippen LogP contribution is -2.33. The maximum absolute atomic E-state index is 9.72. The van der Waals surface area contributed by atoms with Gasteiger partial charge < -0.3 is 9.84 Å². The Hall–Kier alpha value is -0.0800. The average molecular weight is 174 g/mol. The van der Waals surface area contributed by atoms with E-state index in [9.17, 15) is 5.11 Å². The van der Waals surface area contributed by atoms with Gasteiger partial charge in [-0.05, 0) is 18.3 Å². The SMILES string of the molecule is COC(C(C)C)C(O)CC(C)C. The summed E-state index contributed by atoms with van der Waals surface area (Å²) in [4.78, 5) is 0. The van der Waals surface area contributed by atoms with E-state index in [0.29, 0.717) is 11.8 Å². The zero-order valence-electron chi connectivity index (χ0n) is 8.87. The second-order valence-corrected chi connectivity index (χ2v) is 4.14. The van der Waals surface area contributed by atoms with Gasteiger partial charge in [-0.3, -0.25) is 0 Å². The highest BCUT2D eigenvalue weighted by Gasteiger charge is 2.22. The average Bonchev–Trinajstić information content (AvgIpc) is 1.85. The third-order valence-electron chi connectivity index (χ3n) is 2.02. The Morgan fingerprint density at radius 3 is 1.92 bits per heavy atom. The summed E-state index contributed by atoms with van der Waals surface area (Å²) in [6.07, 6.45) is 0.471. The van der Waals surface area contributed by atoms with Crippen LogP contribution in [0.1, 0.15) is 34.1 Å². The number of rotatable bonds is 5. The lowest BCUT2D eigenvalue weighted by atomic mass is 9.95. The van der Waals surface area contributed by atoms with Gasteiger partial charge in [-0.15, -0.1) is 0 Å².